The van der Waals surface area contributed by atoms with Gasteiger partial charge in [-0.3, -0.25) is 9.59 Å². The van der Waals surface area contributed by atoms with Gasteiger partial charge in [-0.15, -0.1) is 0 Å². The zero-order chi connectivity index (χ0) is 13.8. The maximum absolute atomic E-state index is 12.5. The van der Waals surface area contributed by atoms with Crippen LogP contribution in [0, 0.1) is 0 Å². The second-order valence-electron chi connectivity index (χ2n) is 4.35. The van der Waals surface area contributed by atoms with Crippen LogP contribution in [0.1, 0.15) is 34.6 Å². The number of benzene rings is 2. The lowest BCUT2D eigenvalue weighted by molar-refractivity contribution is 0.0775. The summed E-state index contributed by atoms with van der Waals surface area (Å²) in [5.74, 6) is -0.0232. The molecular formula is C16H17NO2. The minimum Gasteiger partial charge on any atom is -0.339 e. The number of nitrogens with zero attached hydrogens (tertiary/aromatic N) is 1. The van der Waals surface area contributed by atoms with Crippen LogP contribution in [-0.4, -0.2) is 30.2 Å². The molecule has 0 aliphatic heterocycles. The van der Waals surface area contributed by atoms with Crippen molar-refractivity contribution in [2.75, 3.05) is 13.1 Å². The van der Waals surface area contributed by atoms with Crippen molar-refractivity contribution in [3.05, 3.63) is 47.5 Å². The molecular weight excluding hydrogens is 238 g/mol. The third-order valence-electron chi connectivity index (χ3n) is 3.34. The molecule has 1 amide bonds. The number of carbonyl (C=O) groups is 2. The smallest absolute Gasteiger partial charge is 0.254 e. The molecule has 0 unspecified atom stereocenters. The van der Waals surface area contributed by atoms with Crippen LogP contribution in [0.4, 0.5) is 0 Å². The fourth-order valence-corrected chi connectivity index (χ4v) is 2.33. The van der Waals surface area contributed by atoms with Gasteiger partial charge in [0.25, 0.3) is 5.91 Å². The van der Waals surface area contributed by atoms with Gasteiger partial charge in [-0.1, -0.05) is 30.3 Å². The first kappa shape index (κ1) is 13.3. The Bertz CT molecular complexity index is 610. The zero-order valence-corrected chi connectivity index (χ0v) is 11.2. The molecule has 0 heterocycles. The number of fused-ring (bicyclic) bond motifs is 1. The van der Waals surface area contributed by atoms with Crippen molar-refractivity contribution in [3.8, 4) is 0 Å². The minimum absolute atomic E-state index is 0.0232. The fraction of sp³-hybridized carbons (Fsp3) is 0.250. The van der Waals surface area contributed by atoms with Gasteiger partial charge in [-0.05, 0) is 25.3 Å². The number of hydrogen-bond donors (Lipinski definition) is 0. The molecule has 0 atom stereocenters. The van der Waals surface area contributed by atoms with E-state index in [0.717, 1.165) is 17.1 Å². The molecule has 3 heteroatoms. The van der Waals surface area contributed by atoms with Crippen LogP contribution < -0.4 is 0 Å². The van der Waals surface area contributed by atoms with Crippen molar-refractivity contribution in [1.29, 1.82) is 0 Å². The van der Waals surface area contributed by atoms with Gasteiger partial charge in [0, 0.05) is 29.6 Å². The van der Waals surface area contributed by atoms with Crippen molar-refractivity contribution in [2.24, 2.45) is 0 Å². The Balaban J connectivity index is 2.66. The largest absolute Gasteiger partial charge is 0.339 e. The molecule has 0 fully saturated rings. The highest BCUT2D eigenvalue weighted by molar-refractivity contribution is 6.12. The fourth-order valence-electron chi connectivity index (χ4n) is 2.33. The van der Waals surface area contributed by atoms with Crippen molar-refractivity contribution in [3.63, 3.8) is 0 Å². The highest BCUT2D eigenvalue weighted by atomic mass is 16.2. The summed E-state index contributed by atoms with van der Waals surface area (Å²) in [5, 5.41) is 1.67. The first-order chi connectivity index (χ1) is 9.22. The summed E-state index contributed by atoms with van der Waals surface area (Å²) in [4.78, 5) is 25.4. The molecule has 0 aliphatic carbocycles. The van der Waals surface area contributed by atoms with Crippen molar-refractivity contribution in [2.45, 2.75) is 13.8 Å². The number of carbonyl (C=O) groups excluding carboxylic acids is 2. The van der Waals surface area contributed by atoms with E-state index in [9.17, 15) is 9.59 Å². The molecule has 0 saturated carbocycles. The van der Waals surface area contributed by atoms with Crippen LogP contribution in [0.3, 0.4) is 0 Å². The van der Waals surface area contributed by atoms with E-state index in [-0.39, 0.29) is 5.91 Å². The van der Waals surface area contributed by atoms with Gasteiger partial charge in [0.15, 0.2) is 6.29 Å². The SMILES string of the molecule is CCN(CC)C(=O)c1cccc2cccc(C=O)c12. The summed E-state index contributed by atoms with van der Waals surface area (Å²) in [6.45, 7) is 5.23. The summed E-state index contributed by atoms with van der Waals surface area (Å²) in [5.41, 5.74) is 1.16. The summed E-state index contributed by atoms with van der Waals surface area (Å²) >= 11 is 0. The van der Waals surface area contributed by atoms with Crippen LogP contribution in [0.25, 0.3) is 10.8 Å². The van der Waals surface area contributed by atoms with Crippen LogP contribution in [0.2, 0.25) is 0 Å². The molecule has 98 valence electrons. The monoisotopic (exact) mass is 255 g/mol. The Kier molecular flexibility index (Phi) is 3.95. The predicted octanol–water partition coefficient (Wildman–Crippen LogP) is 3.13. The van der Waals surface area contributed by atoms with E-state index in [2.05, 4.69) is 0 Å². The lowest BCUT2D eigenvalue weighted by Gasteiger charge is -2.20. The molecule has 2 aromatic rings. The highest BCUT2D eigenvalue weighted by Gasteiger charge is 2.16. The molecule has 3 nitrogen and oxygen atoms in total. The molecule has 0 saturated heterocycles. The average Bonchev–Trinajstić information content (AvgIpc) is 2.47. The number of amides is 1. The molecule has 0 radical (unpaired) electrons. The normalized spacial score (nSPS) is 10.4. The van der Waals surface area contributed by atoms with Gasteiger partial charge in [0.2, 0.25) is 0 Å². The number of hydrogen-bond acceptors (Lipinski definition) is 2. The topological polar surface area (TPSA) is 37.4 Å². The molecule has 0 aromatic heterocycles. The van der Waals surface area contributed by atoms with Gasteiger partial charge < -0.3 is 4.90 Å². The van der Waals surface area contributed by atoms with Crippen molar-refractivity contribution < 1.29 is 9.59 Å². The number of aldehydes is 1. The van der Waals surface area contributed by atoms with Crippen LogP contribution in [0.5, 0.6) is 0 Å². The maximum Gasteiger partial charge on any atom is 0.254 e. The van der Waals surface area contributed by atoms with Crippen LogP contribution in [0.15, 0.2) is 36.4 Å². The lowest BCUT2D eigenvalue weighted by atomic mass is 9.99. The van der Waals surface area contributed by atoms with E-state index in [1.165, 1.54) is 0 Å². The standard InChI is InChI=1S/C16H17NO2/c1-3-17(4-2)16(19)14-10-6-8-12-7-5-9-13(11-18)15(12)14/h5-11H,3-4H2,1-2H3. The first-order valence-electron chi connectivity index (χ1n) is 6.49. The van der Waals surface area contributed by atoms with Crippen molar-refractivity contribution in [1.82, 2.24) is 4.90 Å². The van der Waals surface area contributed by atoms with E-state index in [0.29, 0.717) is 24.2 Å². The third-order valence-corrected chi connectivity index (χ3v) is 3.34. The molecule has 2 rings (SSSR count). The van der Waals surface area contributed by atoms with E-state index in [1.54, 1.807) is 17.0 Å². The van der Waals surface area contributed by atoms with E-state index in [4.69, 9.17) is 0 Å². The second-order valence-corrected chi connectivity index (χ2v) is 4.35. The summed E-state index contributed by atoms with van der Waals surface area (Å²) in [6.07, 6.45) is 0.807. The third kappa shape index (κ3) is 2.36. The van der Waals surface area contributed by atoms with Crippen LogP contribution >= 0.6 is 0 Å². The average molecular weight is 255 g/mol. The molecule has 0 bridgehead atoms. The number of rotatable bonds is 4. The Hall–Kier alpha value is -2.16. The second kappa shape index (κ2) is 5.65. The van der Waals surface area contributed by atoms with E-state index < -0.39 is 0 Å². The lowest BCUT2D eigenvalue weighted by Crippen LogP contribution is -2.30. The summed E-state index contributed by atoms with van der Waals surface area (Å²) in [7, 11) is 0. The minimum atomic E-state index is -0.0232. The molecule has 0 spiro atoms. The van der Waals surface area contributed by atoms with Gasteiger partial charge in [-0.25, -0.2) is 0 Å². The Morgan fingerprint density at radius 1 is 1.11 bits per heavy atom. The molecule has 0 N–H and O–H groups in total. The summed E-state index contributed by atoms with van der Waals surface area (Å²) < 4.78 is 0. The maximum atomic E-state index is 12.5. The molecule has 0 aliphatic rings. The summed E-state index contributed by atoms with van der Waals surface area (Å²) in [6, 6.07) is 11.1. The Morgan fingerprint density at radius 2 is 1.74 bits per heavy atom. The Labute approximate surface area is 112 Å². The van der Waals surface area contributed by atoms with E-state index in [1.807, 2.05) is 38.1 Å². The van der Waals surface area contributed by atoms with Crippen LogP contribution in [-0.2, 0) is 0 Å². The molecule has 19 heavy (non-hydrogen) atoms. The van der Waals surface area contributed by atoms with E-state index >= 15 is 0 Å². The van der Waals surface area contributed by atoms with Gasteiger partial charge in [0.05, 0.1) is 0 Å². The van der Waals surface area contributed by atoms with Gasteiger partial charge in [0.1, 0.15) is 0 Å². The van der Waals surface area contributed by atoms with Crippen molar-refractivity contribution >= 4 is 23.0 Å². The van der Waals surface area contributed by atoms with Gasteiger partial charge in [-0.2, -0.15) is 0 Å². The highest BCUT2D eigenvalue weighted by Crippen LogP contribution is 2.23. The Morgan fingerprint density at radius 3 is 2.32 bits per heavy atom. The van der Waals surface area contributed by atoms with Gasteiger partial charge >= 0.3 is 0 Å². The zero-order valence-electron chi connectivity index (χ0n) is 11.2. The molecule has 2 aromatic carbocycles. The first-order valence-corrected chi connectivity index (χ1v) is 6.49. The predicted molar refractivity (Wildman–Crippen MR) is 76.6 cm³/mol. The quantitative estimate of drug-likeness (QED) is 0.787.